The van der Waals surface area contributed by atoms with Crippen molar-refractivity contribution in [1.29, 1.82) is 0 Å². The van der Waals surface area contributed by atoms with Crippen molar-refractivity contribution in [1.82, 2.24) is 14.6 Å². The Labute approximate surface area is 155 Å². The van der Waals surface area contributed by atoms with Crippen molar-refractivity contribution in [2.24, 2.45) is 0 Å². The van der Waals surface area contributed by atoms with E-state index in [-0.39, 0.29) is 18.4 Å². The molecular weight excluding hydrogens is 344 g/mol. The number of nitrogens with zero attached hydrogens (tertiary/aromatic N) is 4. The summed E-state index contributed by atoms with van der Waals surface area (Å²) in [5.74, 6) is -0.941. The van der Waals surface area contributed by atoms with Crippen molar-refractivity contribution in [3.63, 3.8) is 0 Å². The van der Waals surface area contributed by atoms with Gasteiger partial charge < -0.3 is 10.0 Å². The minimum Gasteiger partial charge on any atom is -0.502 e. The van der Waals surface area contributed by atoms with E-state index in [0.717, 1.165) is 11.1 Å². The Bertz CT molecular complexity index is 995. The average molecular weight is 362 g/mol. The van der Waals surface area contributed by atoms with Crippen molar-refractivity contribution >= 4 is 5.91 Å². The Hall–Kier alpha value is -3.61. The molecule has 0 saturated heterocycles. The third kappa shape index (κ3) is 2.83. The van der Waals surface area contributed by atoms with Crippen LogP contribution in [-0.4, -0.2) is 39.3 Å². The number of carbonyl (C=O) groups excluding carboxylic acids is 1. The second kappa shape index (κ2) is 6.60. The molecule has 7 nitrogen and oxygen atoms in total. The Morgan fingerprint density at radius 1 is 1.00 bits per heavy atom. The monoisotopic (exact) mass is 362 g/mol. The number of aromatic nitrogens is 2. The van der Waals surface area contributed by atoms with Crippen LogP contribution in [0.5, 0.6) is 5.75 Å². The zero-order valence-corrected chi connectivity index (χ0v) is 14.7. The number of hydrogen-bond acceptors (Lipinski definition) is 5. The molecule has 1 atom stereocenters. The standard InChI is InChI=1S/C20H18N4O3/c1-22-13-24(23-12-9-16(25)19(26)18(23)20(22)27)17(14-5-3-2-4-6-14)15-7-10-21-11-8-15/h2-12,17,26H,13H2,1H3. The lowest BCUT2D eigenvalue weighted by Gasteiger charge is -2.42. The van der Waals surface area contributed by atoms with Gasteiger partial charge in [0.05, 0.1) is 6.04 Å². The van der Waals surface area contributed by atoms with Crippen LogP contribution in [0.4, 0.5) is 0 Å². The van der Waals surface area contributed by atoms with Crippen LogP contribution < -0.4 is 10.4 Å². The minimum absolute atomic E-state index is 0.0359. The quantitative estimate of drug-likeness (QED) is 0.768. The van der Waals surface area contributed by atoms with E-state index < -0.39 is 17.1 Å². The fraction of sp³-hybridized carbons (Fsp3) is 0.150. The molecule has 1 amide bonds. The van der Waals surface area contributed by atoms with Crippen molar-refractivity contribution in [2.75, 3.05) is 18.7 Å². The zero-order chi connectivity index (χ0) is 19.0. The molecule has 136 valence electrons. The van der Waals surface area contributed by atoms with Crippen LogP contribution in [0.25, 0.3) is 0 Å². The highest BCUT2D eigenvalue weighted by molar-refractivity contribution is 5.96. The van der Waals surface area contributed by atoms with E-state index >= 15 is 0 Å². The number of amides is 1. The maximum absolute atomic E-state index is 12.6. The molecule has 2 aromatic heterocycles. The highest BCUT2D eigenvalue weighted by Gasteiger charge is 2.34. The summed E-state index contributed by atoms with van der Waals surface area (Å²) in [6.45, 7) is 0.288. The first kappa shape index (κ1) is 16.8. The van der Waals surface area contributed by atoms with Crippen molar-refractivity contribution in [3.8, 4) is 5.75 Å². The number of hydrogen-bond donors (Lipinski definition) is 1. The molecule has 3 heterocycles. The first-order chi connectivity index (χ1) is 13.1. The van der Waals surface area contributed by atoms with Gasteiger partial charge in [0, 0.05) is 31.7 Å². The van der Waals surface area contributed by atoms with E-state index in [2.05, 4.69) is 4.98 Å². The highest BCUT2D eigenvalue weighted by Crippen LogP contribution is 2.31. The van der Waals surface area contributed by atoms with Crippen molar-refractivity contribution in [3.05, 3.63) is 94.2 Å². The molecule has 0 aliphatic carbocycles. The van der Waals surface area contributed by atoms with Crippen LogP contribution in [0.3, 0.4) is 0 Å². The molecule has 0 fully saturated rings. The van der Waals surface area contributed by atoms with Gasteiger partial charge >= 0.3 is 0 Å². The highest BCUT2D eigenvalue weighted by atomic mass is 16.3. The lowest BCUT2D eigenvalue weighted by Crippen LogP contribution is -2.54. The van der Waals surface area contributed by atoms with Crippen LogP contribution in [0.1, 0.15) is 27.7 Å². The number of rotatable bonds is 3. The molecule has 4 rings (SSSR count). The smallest absolute Gasteiger partial charge is 0.277 e. The largest absolute Gasteiger partial charge is 0.502 e. The normalized spacial score (nSPS) is 14.8. The zero-order valence-electron chi connectivity index (χ0n) is 14.7. The first-order valence-electron chi connectivity index (χ1n) is 8.50. The van der Waals surface area contributed by atoms with Gasteiger partial charge in [0.1, 0.15) is 6.67 Å². The number of carbonyl (C=O) groups is 1. The maximum atomic E-state index is 12.6. The number of benzene rings is 1. The van der Waals surface area contributed by atoms with Crippen molar-refractivity contribution in [2.45, 2.75) is 6.04 Å². The van der Waals surface area contributed by atoms with Gasteiger partial charge in [-0.05, 0) is 23.3 Å². The van der Waals surface area contributed by atoms with Gasteiger partial charge in [0.15, 0.2) is 11.4 Å². The molecule has 0 radical (unpaired) electrons. The predicted molar refractivity (Wildman–Crippen MR) is 100 cm³/mol. The van der Waals surface area contributed by atoms with Crippen LogP contribution in [-0.2, 0) is 0 Å². The molecule has 3 aromatic rings. The van der Waals surface area contributed by atoms with Crippen LogP contribution >= 0.6 is 0 Å². The Morgan fingerprint density at radius 3 is 2.37 bits per heavy atom. The summed E-state index contributed by atoms with van der Waals surface area (Å²) in [4.78, 5) is 30.1. The summed E-state index contributed by atoms with van der Waals surface area (Å²) in [5.41, 5.74) is 1.37. The fourth-order valence-corrected chi connectivity index (χ4v) is 3.38. The molecule has 1 N–H and O–H groups in total. The fourth-order valence-electron chi connectivity index (χ4n) is 3.38. The SMILES string of the molecule is CN1CN(C(c2ccccc2)c2ccncc2)n2ccc(=O)c(O)c2C1=O. The molecule has 1 aliphatic heterocycles. The van der Waals surface area contributed by atoms with Gasteiger partial charge in [-0.3, -0.25) is 24.3 Å². The lowest BCUT2D eigenvalue weighted by atomic mass is 9.99. The van der Waals surface area contributed by atoms with Gasteiger partial charge in [-0.2, -0.15) is 0 Å². The Kier molecular flexibility index (Phi) is 4.12. The van der Waals surface area contributed by atoms with Crippen LogP contribution in [0.2, 0.25) is 0 Å². The van der Waals surface area contributed by atoms with Crippen molar-refractivity contribution < 1.29 is 9.90 Å². The van der Waals surface area contributed by atoms with E-state index in [1.807, 2.05) is 47.5 Å². The van der Waals surface area contributed by atoms with Gasteiger partial charge in [-0.15, -0.1) is 0 Å². The second-order valence-corrected chi connectivity index (χ2v) is 6.40. The second-order valence-electron chi connectivity index (χ2n) is 6.40. The topological polar surface area (TPSA) is 78.7 Å². The molecule has 0 bridgehead atoms. The average Bonchev–Trinajstić information content (AvgIpc) is 2.70. The summed E-state index contributed by atoms with van der Waals surface area (Å²) >= 11 is 0. The number of aromatic hydroxyl groups is 1. The molecule has 0 saturated carbocycles. The van der Waals surface area contributed by atoms with Crippen LogP contribution in [0.15, 0.2) is 71.9 Å². The van der Waals surface area contributed by atoms with E-state index in [1.165, 1.54) is 17.2 Å². The summed E-state index contributed by atoms with van der Waals surface area (Å²) < 4.78 is 1.57. The lowest BCUT2D eigenvalue weighted by molar-refractivity contribution is 0.0726. The Morgan fingerprint density at radius 2 is 1.67 bits per heavy atom. The summed E-state index contributed by atoms with van der Waals surface area (Å²) in [6.07, 6.45) is 4.96. The van der Waals surface area contributed by atoms with E-state index in [0.29, 0.717) is 0 Å². The summed E-state index contributed by atoms with van der Waals surface area (Å²) in [5, 5.41) is 12.2. The molecule has 7 heteroatoms. The maximum Gasteiger partial charge on any atom is 0.277 e. The first-order valence-corrected chi connectivity index (χ1v) is 8.50. The molecule has 1 aromatic carbocycles. The molecule has 1 aliphatic rings. The third-order valence-electron chi connectivity index (χ3n) is 4.67. The van der Waals surface area contributed by atoms with Gasteiger partial charge in [-0.25, -0.2) is 0 Å². The summed E-state index contributed by atoms with van der Waals surface area (Å²) in [7, 11) is 1.64. The van der Waals surface area contributed by atoms with Gasteiger partial charge in [-0.1, -0.05) is 30.3 Å². The molecule has 1 unspecified atom stereocenters. The molecular formula is C20H18N4O3. The van der Waals surface area contributed by atoms with Crippen LogP contribution in [0, 0.1) is 0 Å². The molecule has 27 heavy (non-hydrogen) atoms. The molecule has 0 spiro atoms. The van der Waals surface area contributed by atoms with Gasteiger partial charge in [0.25, 0.3) is 5.91 Å². The summed E-state index contributed by atoms with van der Waals surface area (Å²) in [6, 6.07) is 14.7. The van der Waals surface area contributed by atoms with Gasteiger partial charge in [0.2, 0.25) is 5.43 Å². The number of fused-ring (bicyclic) bond motifs is 1. The minimum atomic E-state index is -0.579. The van der Waals surface area contributed by atoms with E-state index in [4.69, 9.17) is 0 Å². The van der Waals surface area contributed by atoms with E-state index in [9.17, 15) is 14.7 Å². The van der Waals surface area contributed by atoms with E-state index in [1.54, 1.807) is 24.1 Å². The number of pyridine rings is 2. The Balaban J connectivity index is 1.94. The predicted octanol–water partition coefficient (Wildman–Crippen LogP) is 1.72. The third-order valence-corrected chi connectivity index (χ3v) is 4.67.